The molecule has 80 valence electrons. The van der Waals surface area contributed by atoms with Crippen molar-refractivity contribution >= 4 is 39.0 Å². The maximum absolute atomic E-state index is 5.50. The van der Waals surface area contributed by atoms with Crippen molar-refractivity contribution in [3.8, 4) is 0 Å². The largest absolute Gasteiger partial charge is 0.271 e. The van der Waals surface area contributed by atoms with E-state index in [1.54, 1.807) is 11.3 Å². The van der Waals surface area contributed by atoms with Crippen LogP contribution in [-0.2, 0) is 6.42 Å². The Morgan fingerprint density at radius 3 is 3.00 bits per heavy atom. The summed E-state index contributed by atoms with van der Waals surface area (Å²) in [7, 11) is 0. The predicted molar refractivity (Wildman–Crippen MR) is 69.8 cm³/mol. The van der Waals surface area contributed by atoms with Gasteiger partial charge in [-0.15, -0.1) is 11.3 Å². The predicted octanol–water partition coefficient (Wildman–Crippen LogP) is 2.64. The molecule has 1 aromatic rings. The second kappa shape index (κ2) is 6.85. The fraction of sp³-hybridized carbons (Fsp3) is 0.556. The summed E-state index contributed by atoms with van der Waals surface area (Å²) >= 11 is 7.14. The van der Waals surface area contributed by atoms with Gasteiger partial charge in [-0.3, -0.25) is 11.3 Å². The van der Waals surface area contributed by atoms with Gasteiger partial charge in [0.1, 0.15) is 0 Å². The quantitative estimate of drug-likeness (QED) is 0.626. The lowest BCUT2D eigenvalue weighted by Crippen LogP contribution is -2.38. The van der Waals surface area contributed by atoms with Crippen molar-refractivity contribution in [3.63, 3.8) is 0 Å². The van der Waals surface area contributed by atoms with Gasteiger partial charge in [0.05, 0.1) is 0 Å². The molecule has 0 saturated heterocycles. The number of thiophene rings is 1. The first-order valence-electron chi connectivity index (χ1n) is 4.53. The van der Waals surface area contributed by atoms with Crippen molar-refractivity contribution in [2.24, 2.45) is 5.84 Å². The van der Waals surface area contributed by atoms with Gasteiger partial charge in [0.15, 0.2) is 0 Å². The summed E-state index contributed by atoms with van der Waals surface area (Å²) < 4.78 is 1.16. The van der Waals surface area contributed by atoms with Crippen LogP contribution in [0.4, 0.5) is 0 Å². The maximum atomic E-state index is 5.50. The van der Waals surface area contributed by atoms with Crippen molar-refractivity contribution in [2.45, 2.75) is 19.4 Å². The minimum atomic E-state index is 0.380. The van der Waals surface area contributed by atoms with Gasteiger partial charge in [-0.25, -0.2) is 0 Å². The number of hydrazine groups is 1. The van der Waals surface area contributed by atoms with Crippen molar-refractivity contribution in [1.82, 2.24) is 5.43 Å². The molecule has 2 nitrogen and oxygen atoms in total. The van der Waals surface area contributed by atoms with E-state index >= 15 is 0 Å². The van der Waals surface area contributed by atoms with Crippen LogP contribution >= 0.6 is 39.0 Å². The molecule has 1 unspecified atom stereocenters. The third-order valence-electron chi connectivity index (χ3n) is 1.83. The van der Waals surface area contributed by atoms with Gasteiger partial charge >= 0.3 is 0 Å². The van der Waals surface area contributed by atoms with Gasteiger partial charge in [0, 0.05) is 26.5 Å². The molecule has 1 aromatic heterocycles. The lowest BCUT2D eigenvalue weighted by atomic mass is 10.2. The fourth-order valence-electron chi connectivity index (χ4n) is 1.13. The molecule has 1 atom stereocenters. The highest BCUT2D eigenvalue weighted by molar-refractivity contribution is 9.10. The number of nitrogens with one attached hydrogen (secondary N) is 1. The molecule has 5 heteroatoms. The minimum absolute atomic E-state index is 0.380. The van der Waals surface area contributed by atoms with Gasteiger partial charge in [-0.05, 0) is 34.2 Å². The van der Waals surface area contributed by atoms with Gasteiger partial charge < -0.3 is 0 Å². The first-order chi connectivity index (χ1) is 6.76. The summed E-state index contributed by atoms with van der Waals surface area (Å²) in [5.74, 6) is 7.71. The molecule has 0 aliphatic carbocycles. The van der Waals surface area contributed by atoms with E-state index in [1.165, 1.54) is 4.88 Å². The van der Waals surface area contributed by atoms with Crippen LogP contribution in [0.3, 0.4) is 0 Å². The van der Waals surface area contributed by atoms with E-state index in [2.05, 4.69) is 39.7 Å². The van der Waals surface area contributed by atoms with E-state index in [-0.39, 0.29) is 0 Å². The summed E-state index contributed by atoms with van der Waals surface area (Å²) in [6.07, 6.45) is 1.01. The second-order valence-corrected chi connectivity index (χ2v) is 6.19. The highest BCUT2D eigenvalue weighted by Gasteiger charge is 2.08. The summed E-state index contributed by atoms with van der Waals surface area (Å²) in [5.41, 5.74) is 2.87. The molecule has 0 aliphatic heterocycles. The van der Waals surface area contributed by atoms with Crippen LogP contribution in [0.25, 0.3) is 0 Å². The van der Waals surface area contributed by atoms with Crippen LogP contribution in [0.5, 0.6) is 0 Å². The van der Waals surface area contributed by atoms with E-state index in [4.69, 9.17) is 5.84 Å². The number of halogens is 1. The van der Waals surface area contributed by atoms with Crippen LogP contribution < -0.4 is 11.3 Å². The molecular weight excluding hydrogens is 280 g/mol. The van der Waals surface area contributed by atoms with E-state index in [1.807, 2.05) is 11.8 Å². The average molecular weight is 295 g/mol. The number of thioether (sulfide) groups is 1. The zero-order chi connectivity index (χ0) is 10.4. The third kappa shape index (κ3) is 4.31. The molecule has 0 aromatic carbocycles. The highest BCUT2D eigenvalue weighted by Crippen LogP contribution is 2.21. The standard InChI is InChI=1S/C9H15BrN2S2/c1-2-13-6-8(12-11)4-9-3-7(10)5-14-9/h3,5,8,12H,2,4,6,11H2,1H3. The minimum Gasteiger partial charge on any atom is -0.271 e. The molecule has 1 rings (SSSR count). The van der Waals surface area contributed by atoms with Crippen LogP contribution in [0.15, 0.2) is 15.9 Å². The van der Waals surface area contributed by atoms with E-state index < -0.39 is 0 Å². The van der Waals surface area contributed by atoms with Gasteiger partial charge in [0.25, 0.3) is 0 Å². The molecule has 0 bridgehead atoms. The van der Waals surface area contributed by atoms with Crippen molar-refractivity contribution in [3.05, 3.63) is 20.8 Å². The Morgan fingerprint density at radius 1 is 1.71 bits per heavy atom. The molecule has 0 amide bonds. The molecule has 0 radical (unpaired) electrons. The van der Waals surface area contributed by atoms with Gasteiger partial charge in [-0.2, -0.15) is 11.8 Å². The molecule has 0 saturated carbocycles. The van der Waals surface area contributed by atoms with Crippen LogP contribution in [0.1, 0.15) is 11.8 Å². The zero-order valence-electron chi connectivity index (χ0n) is 8.13. The topological polar surface area (TPSA) is 38.0 Å². The van der Waals surface area contributed by atoms with Crippen molar-refractivity contribution in [1.29, 1.82) is 0 Å². The number of hydrogen-bond acceptors (Lipinski definition) is 4. The van der Waals surface area contributed by atoms with Crippen LogP contribution in [0.2, 0.25) is 0 Å². The molecular formula is C9H15BrN2S2. The lowest BCUT2D eigenvalue weighted by Gasteiger charge is -2.13. The second-order valence-electron chi connectivity index (χ2n) is 2.96. The summed E-state index contributed by atoms with van der Waals surface area (Å²) in [6.45, 7) is 2.17. The molecule has 0 fully saturated rings. The summed E-state index contributed by atoms with van der Waals surface area (Å²) in [6, 6.07) is 2.54. The summed E-state index contributed by atoms with van der Waals surface area (Å²) in [5, 5.41) is 2.11. The zero-order valence-corrected chi connectivity index (χ0v) is 11.3. The average Bonchev–Trinajstić information content (AvgIpc) is 2.58. The Labute approximate surface area is 102 Å². The van der Waals surface area contributed by atoms with E-state index in [0.29, 0.717) is 6.04 Å². The third-order valence-corrected chi connectivity index (χ3v) is 4.59. The maximum Gasteiger partial charge on any atom is 0.0349 e. The van der Waals surface area contributed by atoms with Crippen LogP contribution in [-0.4, -0.2) is 17.5 Å². The Balaban J connectivity index is 2.40. The molecule has 0 aliphatic rings. The van der Waals surface area contributed by atoms with Gasteiger partial charge in [0.2, 0.25) is 0 Å². The molecule has 1 heterocycles. The first-order valence-corrected chi connectivity index (χ1v) is 7.35. The number of hydrogen-bond donors (Lipinski definition) is 2. The van der Waals surface area contributed by atoms with Crippen molar-refractivity contribution < 1.29 is 0 Å². The lowest BCUT2D eigenvalue weighted by molar-refractivity contribution is 0.579. The molecule has 3 N–H and O–H groups in total. The van der Waals surface area contributed by atoms with Crippen LogP contribution in [0, 0.1) is 0 Å². The Hall–Kier alpha value is 0.450. The molecule has 14 heavy (non-hydrogen) atoms. The van der Waals surface area contributed by atoms with Gasteiger partial charge in [-0.1, -0.05) is 6.92 Å². The smallest absolute Gasteiger partial charge is 0.0349 e. The first kappa shape index (κ1) is 12.5. The SMILES string of the molecule is CCSCC(Cc1cc(Br)cs1)NN. The fourth-order valence-corrected chi connectivity index (χ4v) is 3.40. The summed E-state index contributed by atoms with van der Waals surface area (Å²) in [4.78, 5) is 1.37. The van der Waals surface area contributed by atoms with E-state index in [9.17, 15) is 0 Å². The van der Waals surface area contributed by atoms with E-state index in [0.717, 1.165) is 22.4 Å². The Morgan fingerprint density at radius 2 is 2.50 bits per heavy atom. The monoisotopic (exact) mass is 294 g/mol. The number of rotatable bonds is 6. The molecule has 0 spiro atoms. The highest BCUT2D eigenvalue weighted by atomic mass is 79.9. The normalized spacial score (nSPS) is 13.1. The number of nitrogens with two attached hydrogens (primary N) is 1. The Bertz CT molecular complexity index is 265. The van der Waals surface area contributed by atoms with Crippen molar-refractivity contribution in [2.75, 3.05) is 11.5 Å². The Kier molecular flexibility index (Phi) is 6.12.